The average molecular weight is 577 g/mol. The maximum Gasteiger partial charge on any atom is 0.228 e. The lowest BCUT2D eigenvalue weighted by Crippen LogP contribution is -2.00. The normalized spacial score (nSPS) is 11.6. The van der Waals surface area contributed by atoms with Crippen LogP contribution in [0.5, 0.6) is 0 Å². The van der Waals surface area contributed by atoms with Crippen LogP contribution in [0.3, 0.4) is 0 Å². The molecule has 5 nitrogen and oxygen atoms in total. The highest BCUT2D eigenvalue weighted by Crippen LogP contribution is 2.36. The van der Waals surface area contributed by atoms with Gasteiger partial charge < -0.3 is 4.42 Å². The molecule has 0 atom stereocenters. The molecule has 6 aromatic carbocycles. The van der Waals surface area contributed by atoms with E-state index >= 15 is 0 Å². The van der Waals surface area contributed by atoms with Gasteiger partial charge in [0, 0.05) is 28.3 Å². The van der Waals surface area contributed by atoms with E-state index in [1.165, 1.54) is 16.5 Å². The standard InChI is InChI=1S/C40H24N4O/c1-2-8-25(9-3-1)29-17-14-27-16-19-31(24-32(27)23-29)38-42-37(30-18-15-26-10-4-5-11-28(26)22-30)43-39(44-38)34-20-21-41-40-36(34)33-12-6-7-13-35(33)45-40/h1-24H. The van der Waals surface area contributed by atoms with Gasteiger partial charge in [-0.15, -0.1) is 0 Å². The summed E-state index contributed by atoms with van der Waals surface area (Å²) in [6, 6.07) is 48.0. The zero-order valence-corrected chi connectivity index (χ0v) is 24.1. The summed E-state index contributed by atoms with van der Waals surface area (Å²) >= 11 is 0. The number of hydrogen-bond donors (Lipinski definition) is 0. The van der Waals surface area contributed by atoms with E-state index in [1.54, 1.807) is 6.20 Å². The van der Waals surface area contributed by atoms with Crippen molar-refractivity contribution in [3.63, 3.8) is 0 Å². The number of nitrogens with zero attached hydrogens (tertiary/aromatic N) is 4. The van der Waals surface area contributed by atoms with Crippen LogP contribution in [0.2, 0.25) is 0 Å². The summed E-state index contributed by atoms with van der Waals surface area (Å²) in [6.45, 7) is 0. The van der Waals surface area contributed by atoms with E-state index in [2.05, 4.69) is 96.0 Å². The summed E-state index contributed by atoms with van der Waals surface area (Å²) in [5.74, 6) is 1.78. The minimum absolute atomic E-state index is 0.557. The first-order valence-electron chi connectivity index (χ1n) is 14.9. The van der Waals surface area contributed by atoms with Gasteiger partial charge in [-0.2, -0.15) is 0 Å². The number of furan rings is 1. The van der Waals surface area contributed by atoms with Crippen molar-refractivity contribution in [2.45, 2.75) is 0 Å². The molecule has 9 rings (SSSR count). The van der Waals surface area contributed by atoms with Crippen LogP contribution in [0.25, 0.3) is 88.9 Å². The lowest BCUT2D eigenvalue weighted by Gasteiger charge is -2.11. The highest BCUT2D eigenvalue weighted by atomic mass is 16.3. The van der Waals surface area contributed by atoms with E-state index < -0.39 is 0 Å². The van der Waals surface area contributed by atoms with Crippen molar-refractivity contribution in [1.82, 2.24) is 19.9 Å². The molecule has 45 heavy (non-hydrogen) atoms. The zero-order chi connectivity index (χ0) is 29.7. The molecule has 0 aliphatic heterocycles. The summed E-state index contributed by atoms with van der Waals surface area (Å²) < 4.78 is 6.11. The van der Waals surface area contributed by atoms with E-state index in [1.807, 2.05) is 48.5 Å². The number of aromatic nitrogens is 4. The molecule has 0 bridgehead atoms. The molecule has 0 radical (unpaired) electrons. The van der Waals surface area contributed by atoms with E-state index in [-0.39, 0.29) is 0 Å². The van der Waals surface area contributed by atoms with Crippen molar-refractivity contribution in [3.8, 4) is 45.3 Å². The van der Waals surface area contributed by atoms with Crippen LogP contribution in [-0.2, 0) is 0 Å². The minimum Gasteiger partial charge on any atom is -0.438 e. The largest absolute Gasteiger partial charge is 0.438 e. The van der Waals surface area contributed by atoms with Crippen molar-refractivity contribution >= 4 is 43.6 Å². The third kappa shape index (κ3) is 4.41. The molecule has 0 N–H and O–H groups in total. The second kappa shape index (κ2) is 10.2. The lowest BCUT2D eigenvalue weighted by atomic mass is 9.99. The van der Waals surface area contributed by atoms with Crippen LogP contribution >= 0.6 is 0 Å². The lowest BCUT2D eigenvalue weighted by molar-refractivity contribution is 0.654. The third-order valence-electron chi connectivity index (χ3n) is 8.37. The number of pyridine rings is 1. The van der Waals surface area contributed by atoms with Crippen LogP contribution in [0.1, 0.15) is 0 Å². The Balaban J connectivity index is 1.27. The molecule has 0 saturated heterocycles. The second-order valence-corrected chi connectivity index (χ2v) is 11.1. The molecule has 0 spiro atoms. The molecule has 3 heterocycles. The molecule has 0 unspecified atom stereocenters. The Morgan fingerprint density at radius 2 is 1.02 bits per heavy atom. The van der Waals surface area contributed by atoms with E-state index in [9.17, 15) is 0 Å². The third-order valence-corrected chi connectivity index (χ3v) is 8.37. The van der Waals surface area contributed by atoms with Gasteiger partial charge in [-0.05, 0) is 63.0 Å². The maximum absolute atomic E-state index is 6.11. The number of benzene rings is 6. The Morgan fingerprint density at radius 3 is 1.82 bits per heavy atom. The number of hydrogen-bond acceptors (Lipinski definition) is 5. The van der Waals surface area contributed by atoms with Crippen molar-refractivity contribution < 1.29 is 4.42 Å². The van der Waals surface area contributed by atoms with Gasteiger partial charge in [-0.25, -0.2) is 19.9 Å². The van der Waals surface area contributed by atoms with Gasteiger partial charge in [0.2, 0.25) is 5.71 Å². The van der Waals surface area contributed by atoms with Crippen LogP contribution in [-0.4, -0.2) is 19.9 Å². The molecule has 0 fully saturated rings. The highest BCUT2D eigenvalue weighted by Gasteiger charge is 2.18. The highest BCUT2D eigenvalue weighted by molar-refractivity contribution is 6.10. The average Bonchev–Trinajstić information content (AvgIpc) is 3.50. The number of rotatable bonds is 4. The fourth-order valence-corrected chi connectivity index (χ4v) is 6.11. The van der Waals surface area contributed by atoms with Gasteiger partial charge in [0.05, 0.1) is 5.39 Å². The topological polar surface area (TPSA) is 64.7 Å². The Bertz CT molecular complexity index is 2550. The smallest absolute Gasteiger partial charge is 0.228 e. The number of fused-ring (bicyclic) bond motifs is 5. The minimum atomic E-state index is 0.557. The monoisotopic (exact) mass is 576 g/mol. The Hall–Kier alpha value is -6.20. The molecule has 3 aromatic heterocycles. The van der Waals surface area contributed by atoms with Gasteiger partial charge in [0.25, 0.3) is 0 Å². The molecule has 0 aliphatic carbocycles. The molecular weight excluding hydrogens is 552 g/mol. The predicted octanol–water partition coefficient (Wildman–Crippen LogP) is 10.1. The Kier molecular flexibility index (Phi) is 5.74. The summed E-state index contributed by atoms with van der Waals surface area (Å²) in [4.78, 5) is 19.8. The Morgan fingerprint density at radius 1 is 0.422 bits per heavy atom. The van der Waals surface area contributed by atoms with Crippen LogP contribution in [0.4, 0.5) is 0 Å². The molecule has 210 valence electrons. The zero-order valence-electron chi connectivity index (χ0n) is 24.1. The Labute approximate surface area is 258 Å². The van der Waals surface area contributed by atoms with Crippen molar-refractivity contribution in [1.29, 1.82) is 0 Å². The summed E-state index contributed by atoms with van der Waals surface area (Å²) in [5.41, 5.74) is 6.37. The number of para-hydroxylation sites is 1. The molecular formula is C40H24N4O. The first-order valence-corrected chi connectivity index (χ1v) is 14.9. The summed E-state index contributed by atoms with van der Waals surface area (Å²) in [6.07, 6.45) is 1.75. The maximum atomic E-state index is 6.11. The first kappa shape index (κ1) is 25.3. The first-order chi connectivity index (χ1) is 22.3. The van der Waals surface area contributed by atoms with Gasteiger partial charge in [-0.1, -0.05) is 109 Å². The van der Waals surface area contributed by atoms with Crippen molar-refractivity contribution in [3.05, 3.63) is 146 Å². The van der Waals surface area contributed by atoms with E-state index in [0.717, 1.165) is 49.2 Å². The SMILES string of the molecule is c1ccc(-c2ccc3ccc(-c4nc(-c5ccc6ccccc6c5)nc(-c5ccnc6oc7ccccc7c56)n4)cc3c2)cc1. The van der Waals surface area contributed by atoms with Crippen molar-refractivity contribution in [2.75, 3.05) is 0 Å². The fraction of sp³-hybridized carbons (Fsp3) is 0. The van der Waals surface area contributed by atoms with Crippen LogP contribution in [0.15, 0.2) is 150 Å². The van der Waals surface area contributed by atoms with E-state index in [0.29, 0.717) is 23.2 Å². The fourth-order valence-electron chi connectivity index (χ4n) is 6.11. The van der Waals surface area contributed by atoms with Gasteiger partial charge in [0.1, 0.15) is 5.58 Å². The quantitative estimate of drug-likeness (QED) is 0.209. The molecule has 0 saturated carbocycles. The van der Waals surface area contributed by atoms with E-state index in [4.69, 9.17) is 19.4 Å². The van der Waals surface area contributed by atoms with Crippen LogP contribution in [0, 0.1) is 0 Å². The van der Waals surface area contributed by atoms with Crippen LogP contribution < -0.4 is 0 Å². The molecule has 5 heteroatoms. The van der Waals surface area contributed by atoms with Gasteiger partial charge in [0.15, 0.2) is 17.5 Å². The predicted molar refractivity (Wildman–Crippen MR) is 182 cm³/mol. The summed E-state index contributed by atoms with van der Waals surface area (Å²) in [7, 11) is 0. The molecule has 9 aromatic rings. The summed E-state index contributed by atoms with van der Waals surface area (Å²) in [5, 5.41) is 6.44. The molecule has 0 amide bonds. The second-order valence-electron chi connectivity index (χ2n) is 11.1. The van der Waals surface area contributed by atoms with Crippen molar-refractivity contribution in [2.24, 2.45) is 0 Å². The van der Waals surface area contributed by atoms with Gasteiger partial charge >= 0.3 is 0 Å². The molecule has 0 aliphatic rings. The van der Waals surface area contributed by atoms with Gasteiger partial charge in [-0.3, -0.25) is 0 Å².